The molecule has 30 heavy (non-hydrogen) atoms. The van der Waals surface area contributed by atoms with Gasteiger partial charge in [0.15, 0.2) is 0 Å². The highest BCUT2D eigenvalue weighted by Crippen LogP contribution is 2.21. The minimum Gasteiger partial charge on any atom is -0.497 e. The van der Waals surface area contributed by atoms with Gasteiger partial charge in [0.1, 0.15) is 5.75 Å². The van der Waals surface area contributed by atoms with Gasteiger partial charge < -0.3 is 19.5 Å². The standard InChI is InChI=1S/C21H26N2O6S/c1-27-18-5-3-4-17(14-18)20(28-2)15-22-21(24)16-6-8-19(9-7-16)30(25,26)23-10-12-29-13-11-23/h3-9,14,20H,10-13,15H2,1-2H3,(H,22,24). The van der Waals surface area contributed by atoms with Gasteiger partial charge in [0, 0.05) is 32.3 Å². The molecule has 1 aliphatic rings. The Morgan fingerprint density at radius 1 is 1.13 bits per heavy atom. The van der Waals surface area contributed by atoms with E-state index in [2.05, 4.69) is 5.32 Å². The van der Waals surface area contributed by atoms with Gasteiger partial charge in [-0.15, -0.1) is 0 Å². The van der Waals surface area contributed by atoms with Crippen molar-refractivity contribution in [1.82, 2.24) is 9.62 Å². The van der Waals surface area contributed by atoms with Crippen molar-refractivity contribution in [2.75, 3.05) is 47.1 Å². The van der Waals surface area contributed by atoms with Crippen molar-refractivity contribution in [1.29, 1.82) is 0 Å². The van der Waals surface area contributed by atoms with Gasteiger partial charge >= 0.3 is 0 Å². The number of hydrogen-bond acceptors (Lipinski definition) is 6. The lowest BCUT2D eigenvalue weighted by molar-refractivity contribution is 0.0730. The average Bonchev–Trinajstić information content (AvgIpc) is 2.80. The van der Waals surface area contributed by atoms with Crippen molar-refractivity contribution >= 4 is 15.9 Å². The van der Waals surface area contributed by atoms with Crippen LogP contribution in [0.1, 0.15) is 22.0 Å². The number of benzene rings is 2. The molecule has 1 aliphatic heterocycles. The first-order valence-electron chi connectivity index (χ1n) is 9.58. The monoisotopic (exact) mass is 434 g/mol. The van der Waals surface area contributed by atoms with Crippen LogP contribution in [0.2, 0.25) is 0 Å². The lowest BCUT2D eigenvalue weighted by atomic mass is 10.1. The van der Waals surface area contributed by atoms with Gasteiger partial charge in [0.05, 0.1) is 31.3 Å². The van der Waals surface area contributed by atoms with Gasteiger partial charge in [0.25, 0.3) is 5.91 Å². The number of amides is 1. The van der Waals surface area contributed by atoms with Crippen molar-refractivity contribution in [3.8, 4) is 5.75 Å². The lowest BCUT2D eigenvalue weighted by Gasteiger charge is -2.26. The molecule has 9 heteroatoms. The van der Waals surface area contributed by atoms with Crippen molar-refractivity contribution < 1.29 is 27.4 Å². The number of carbonyl (C=O) groups excluding carboxylic acids is 1. The highest BCUT2D eigenvalue weighted by molar-refractivity contribution is 7.89. The molecule has 0 spiro atoms. The largest absolute Gasteiger partial charge is 0.497 e. The minimum atomic E-state index is -3.59. The molecule has 2 aromatic carbocycles. The Morgan fingerprint density at radius 3 is 2.47 bits per heavy atom. The van der Waals surface area contributed by atoms with Gasteiger partial charge in [-0.3, -0.25) is 4.79 Å². The summed E-state index contributed by atoms with van der Waals surface area (Å²) in [6.07, 6.45) is -0.343. The molecule has 1 amide bonds. The second kappa shape index (κ2) is 10.0. The fourth-order valence-corrected chi connectivity index (χ4v) is 4.59. The first-order chi connectivity index (χ1) is 14.5. The van der Waals surface area contributed by atoms with Crippen LogP contribution in [0.15, 0.2) is 53.4 Å². The minimum absolute atomic E-state index is 0.159. The van der Waals surface area contributed by atoms with E-state index >= 15 is 0 Å². The second-order valence-electron chi connectivity index (χ2n) is 6.75. The summed E-state index contributed by atoms with van der Waals surface area (Å²) in [5.41, 5.74) is 1.25. The number of morpholine rings is 1. The van der Waals surface area contributed by atoms with E-state index in [0.717, 1.165) is 5.56 Å². The van der Waals surface area contributed by atoms with E-state index in [0.29, 0.717) is 37.6 Å². The number of nitrogens with zero attached hydrogens (tertiary/aromatic N) is 1. The summed E-state index contributed by atoms with van der Waals surface area (Å²) in [5.74, 6) is 0.396. The fraction of sp³-hybridized carbons (Fsp3) is 0.381. The van der Waals surface area contributed by atoms with Crippen LogP contribution in [-0.4, -0.2) is 65.7 Å². The Balaban J connectivity index is 1.64. The topological polar surface area (TPSA) is 94.2 Å². The Labute approximate surface area is 176 Å². The summed E-state index contributed by atoms with van der Waals surface area (Å²) in [5, 5.41) is 2.83. The maximum atomic E-state index is 12.7. The van der Waals surface area contributed by atoms with E-state index in [4.69, 9.17) is 14.2 Å². The van der Waals surface area contributed by atoms with Crippen LogP contribution in [0.5, 0.6) is 5.75 Å². The molecule has 1 saturated heterocycles. The molecule has 0 radical (unpaired) electrons. The molecular weight excluding hydrogens is 408 g/mol. The first kappa shape index (κ1) is 22.2. The smallest absolute Gasteiger partial charge is 0.251 e. The zero-order valence-electron chi connectivity index (χ0n) is 17.0. The van der Waals surface area contributed by atoms with Gasteiger partial charge in [-0.1, -0.05) is 12.1 Å². The van der Waals surface area contributed by atoms with Gasteiger partial charge in [-0.05, 0) is 42.0 Å². The molecule has 0 aliphatic carbocycles. The number of ether oxygens (including phenoxy) is 3. The number of sulfonamides is 1. The third kappa shape index (κ3) is 5.17. The highest BCUT2D eigenvalue weighted by atomic mass is 32.2. The summed E-state index contributed by atoms with van der Waals surface area (Å²) >= 11 is 0. The predicted octanol–water partition coefficient (Wildman–Crippen LogP) is 1.83. The molecule has 1 heterocycles. The predicted molar refractivity (Wildman–Crippen MR) is 111 cm³/mol. The zero-order valence-corrected chi connectivity index (χ0v) is 17.9. The van der Waals surface area contributed by atoms with E-state index in [-0.39, 0.29) is 23.5 Å². The van der Waals surface area contributed by atoms with Crippen molar-refractivity contribution in [3.63, 3.8) is 0 Å². The average molecular weight is 435 g/mol. The molecule has 1 atom stereocenters. The summed E-state index contributed by atoms with van der Waals surface area (Å²) in [7, 11) is -0.427. The van der Waals surface area contributed by atoms with E-state index in [1.807, 2.05) is 24.3 Å². The van der Waals surface area contributed by atoms with Crippen LogP contribution in [0.25, 0.3) is 0 Å². The summed E-state index contributed by atoms with van der Waals surface area (Å²) in [6, 6.07) is 13.4. The molecule has 0 aromatic heterocycles. The van der Waals surface area contributed by atoms with Crippen LogP contribution in [0.3, 0.4) is 0 Å². The highest BCUT2D eigenvalue weighted by Gasteiger charge is 2.26. The van der Waals surface area contributed by atoms with Gasteiger partial charge in [0.2, 0.25) is 10.0 Å². The quantitative estimate of drug-likeness (QED) is 0.681. The molecule has 3 rings (SSSR count). The Kier molecular flexibility index (Phi) is 7.43. The summed E-state index contributed by atoms with van der Waals surface area (Å²) < 4.78 is 42.7. The molecule has 0 saturated carbocycles. The van der Waals surface area contributed by atoms with Crippen LogP contribution < -0.4 is 10.1 Å². The number of hydrogen-bond donors (Lipinski definition) is 1. The van der Waals surface area contributed by atoms with Gasteiger partial charge in [-0.2, -0.15) is 4.31 Å². The number of rotatable bonds is 8. The third-order valence-corrected chi connectivity index (χ3v) is 6.84. The molecule has 1 unspecified atom stereocenters. The maximum Gasteiger partial charge on any atom is 0.251 e. The molecule has 0 bridgehead atoms. The molecule has 2 aromatic rings. The maximum absolute atomic E-state index is 12.7. The first-order valence-corrected chi connectivity index (χ1v) is 11.0. The van der Waals surface area contributed by atoms with Crippen LogP contribution in [0, 0.1) is 0 Å². The number of methoxy groups -OCH3 is 2. The zero-order chi connectivity index (χ0) is 21.6. The molecule has 162 valence electrons. The molecule has 1 N–H and O–H groups in total. The SMILES string of the molecule is COc1cccc(C(CNC(=O)c2ccc(S(=O)(=O)N3CCOCC3)cc2)OC)c1. The van der Waals surface area contributed by atoms with Crippen molar-refractivity contribution in [3.05, 3.63) is 59.7 Å². The Bertz CT molecular complexity index is 956. The van der Waals surface area contributed by atoms with E-state index in [1.165, 1.54) is 28.6 Å². The van der Waals surface area contributed by atoms with E-state index in [9.17, 15) is 13.2 Å². The van der Waals surface area contributed by atoms with Crippen LogP contribution in [0.4, 0.5) is 0 Å². The second-order valence-corrected chi connectivity index (χ2v) is 8.69. The Hall–Kier alpha value is -2.46. The third-order valence-electron chi connectivity index (χ3n) is 4.92. The van der Waals surface area contributed by atoms with Crippen molar-refractivity contribution in [2.45, 2.75) is 11.0 Å². The van der Waals surface area contributed by atoms with Crippen LogP contribution in [-0.2, 0) is 19.5 Å². The van der Waals surface area contributed by atoms with E-state index in [1.54, 1.807) is 14.2 Å². The molecule has 8 nitrogen and oxygen atoms in total. The number of nitrogens with one attached hydrogen (secondary N) is 1. The molecule has 1 fully saturated rings. The van der Waals surface area contributed by atoms with E-state index < -0.39 is 10.0 Å². The summed E-state index contributed by atoms with van der Waals surface area (Å²) in [6.45, 7) is 1.68. The molecular formula is C21H26N2O6S. The Morgan fingerprint density at radius 2 is 1.83 bits per heavy atom. The lowest BCUT2D eigenvalue weighted by Crippen LogP contribution is -2.40. The summed E-state index contributed by atoms with van der Waals surface area (Å²) in [4.78, 5) is 12.7. The number of carbonyl (C=O) groups is 1. The van der Waals surface area contributed by atoms with Crippen LogP contribution >= 0.6 is 0 Å². The van der Waals surface area contributed by atoms with Crippen molar-refractivity contribution in [2.24, 2.45) is 0 Å². The normalized spacial score (nSPS) is 16.1. The fourth-order valence-electron chi connectivity index (χ4n) is 3.18. The van der Waals surface area contributed by atoms with Gasteiger partial charge in [-0.25, -0.2) is 8.42 Å².